The fraction of sp³-hybridized carbons (Fsp3) is 0.143. The Morgan fingerprint density at radius 2 is 2.12 bits per heavy atom. The van der Waals surface area contributed by atoms with Gasteiger partial charge in [-0.25, -0.2) is 0 Å². The van der Waals surface area contributed by atoms with Gasteiger partial charge in [0.15, 0.2) is 0 Å². The van der Waals surface area contributed by atoms with Crippen molar-refractivity contribution in [2.45, 2.75) is 6.61 Å². The third kappa shape index (κ3) is 2.07. The van der Waals surface area contributed by atoms with E-state index < -0.39 is 0 Å². The monoisotopic (exact) mass is 212 g/mol. The van der Waals surface area contributed by atoms with Crippen LogP contribution in [0, 0.1) is 6.07 Å². The van der Waals surface area contributed by atoms with E-state index in [1.54, 1.807) is 0 Å². The van der Waals surface area contributed by atoms with Crippen LogP contribution in [0.4, 0.5) is 5.69 Å². The maximum Gasteiger partial charge on any atom is 0.0682 e. The molecule has 2 rings (SSSR count). The summed E-state index contributed by atoms with van der Waals surface area (Å²) in [6, 6.07) is 16.9. The molecule has 2 heteroatoms. The molecule has 0 saturated carbocycles. The van der Waals surface area contributed by atoms with E-state index in [2.05, 4.69) is 11.4 Å². The normalized spacial score (nSPS) is 10.1. The number of anilines is 1. The fourth-order valence-electron chi connectivity index (χ4n) is 1.72. The summed E-state index contributed by atoms with van der Waals surface area (Å²) < 4.78 is 0. The summed E-state index contributed by atoms with van der Waals surface area (Å²) >= 11 is 0. The molecule has 0 saturated heterocycles. The summed E-state index contributed by atoms with van der Waals surface area (Å²) in [6.07, 6.45) is 0. The lowest BCUT2D eigenvalue weighted by atomic mass is 10.0. The molecule has 0 aromatic heterocycles. The molecule has 2 nitrogen and oxygen atoms in total. The standard InChI is InChI=1S/C14H14NO/c1-15-14-8-3-2-7-13(14)12-6-4-5-11(9-12)10-16/h2-7,9,15-16H,10H2,1H3. The average molecular weight is 212 g/mol. The van der Waals surface area contributed by atoms with Gasteiger partial charge in [-0.1, -0.05) is 36.4 Å². The van der Waals surface area contributed by atoms with Gasteiger partial charge in [0.25, 0.3) is 0 Å². The lowest BCUT2D eigenvalue weighted by Crippen LogP contribution is -1.92. The summed E-state index contributed by atoms with van der Waals surface area (Å²) in [5.74, 6) is 0. The zero-order valence-electron chi connectivity index (χ0n) is 9.20. The molecule has 0 bridgehead atoms. The van der Waals surface area contributed by atoms with Gasteiger partial charge in [-0.05, 0) is 17.2 Å². The molecule has 0 atom stereocenters. The minimum absolute atomic E-state index is 0.0687. The Bertz CT molecular complexity index is 480. The maximum atomic E-state index is 9.11. The first-order valence-electron chi connectivity index (χ1n) is 5.24. The van der Waals surface area contributed by atoms with Gasteiger partial charge in [-0.2, -0.15) is 0 Å². The molecule has 0 aliphatic carbocycles. The van der Waals surface area contributed by atoms with Gasteiger partial charge < -0.3 is 10.4 Å². The molecule has 2 N–H and O–H groups in total. The van der Waals surface area contributed by atoms with Crippen molar-refractivity contribution in [1.29, 1.82) is 0 Å². The zero-order chi connectivity index (χ0) is 11.4. The topological polar surface area (TPSA) is 32.3 Å². The second-order valence-electron chi connectivity index (χ2n) is 3.57. The third-order valence-corrected chi connectivity index (χ3v) is 2.53. The highest BCUT2D eigenvalue weighted by molar-refractivity contribution is 5.77. The number of hydrogen-bond donors (Lipinski definition) is 2. The number of aliphatic hydroxyl groups is 1. The van der Waals surface area contributed by atoms with Crippen molar-refractivity contribution in [2.75, 3.05) is 12.4 Å². The molecular formula is C14H14NO. The molecule has 1 radical (unpaired) electrons. The van der Waals surface area contributed by atoms with Crippen molar-refractivity contribution >= 4 is 5.69 Å². The highest BCUT2D eigenvalue weighted by Gasteiger charge is 2.03. The average Bonchev–Trinajstić information content (AvgIpc) is 2.38. The van der Waals surface area contributed by atoms with Gasteiger partial charge in [-0.3, -0.25) is 0 Å². The molecule has 0 heterocycles. The van der Waals surface area contributed by atoms with Crippen molar-refractivity contribution in [3.63, 3.8) is 0 Å². The molecule has 81 valence electrons. The van der Waals surface area contributed by atoms with Gasteiger partial charge in [0.1, 0.15) is 0 Å². The molecule has 16 heavy (non-hydrogen) atoms. The maximum absolute atomic E-state index is 9.11. The second-order valence-corrected chi connectivity index (χ2v) is 3.57. The first kappa shape index (κ1) is 10.7. The third-order valence-electron chi connectivity index (χ3n) is 2.53. The number of rotatable bonds is 3. The van der Waals surface area contributed by atoms with Gasteiger partial charge >= 0.3 is 0 Å². The highest BCUT2D eigenvalue weighted by Crippen LogP contribution is 2.27. The number of hydrogen-bond acceptors (Lipinski definition) is 2. The number of nitrogens with one attached hydrogen (secondary N) is 1. The zero-order valence-corrected chi connectivity index (χ0v) is 9.20. The van der Waals surface area contributed by atoms with Crippen LogP contribution in [-0.2, 0) is 6.61 Å². The van der Waals surface area contributed by atoms with Crippen LogP contribution in [-0.4, -0.2) is 12.2 Å². The first-order chi connectivity index (χ1) is 7.85. The van der Waals surface area contributed by atoms with Crippen molar-refractivity contribution < 1.29 is 5.11 Å². The Labute approximate surface area is 95.6 Å². The molecule has 0 spiro atoms. The van der Waals surface area contributed by atoms with E-state index in [1.165, 1.54) is 0 Å². The summed E-state index contributed by atoms with van der Waals surface area (Å²) in [5, 5.41) is 12.2. The van der Waals surface area contributed by atoms with Crippen molar-refractivity contribution in [1.82, 2.24) is 0 Å². The fourth-order valence-corrected chi connectivity index (χ4v) is 1.72. The Kier molecular flexibility index (Phi) is 3.22. The number of aliphatic hydroxyl groups excluding tert-OH is 1. The molecule has 2 aromatic rings. The predicted molar refractivity (Wildman–Crippen MR) is 66.2 cm³/mol. The van der Waals surface area contributed by atoms with Gasteiger partial charge in [0, 0.05) is 24.4 Å². The molecule has 0 aliphatic rings. The van der Waals surface area contributed by atoms with Crippen LogP contribution in [0.2, 0.25) is 0 Å². The molecule has 2 aromatic carbocycles. The predicted octanol–water partition coefficient (Wildman–Crippen LogP) is 2.69. The lowest BCUT2D eigenvalue weighted by Gasteiger charge is -2.09. The van der Waals surface area contributed by atoms with Crippen LogP contribution >= 0.6 is 0 Å². The summed E-state index contributed by atoms with van der Waals surface area (Å²) in [6.45, 7) is 0.0687. The summed E-state index contributed by atoms with van der Waals surface area (Å²) in [4.78, 5) is 0. The molecule has 0 fully saturated rings. The van der Waals surface area contributed by atoms with Crippen LogP contribution in [0.1, 0.15) is 5.56 Å². The minimum atomic E-state index is 0.0687. The van der Waals surface area contributed by atoms with Crippen molar-refractivity contribution in [2.24, 2.45) is 0 Å². The first-order valence-corrected chi connectivity index (χ1v) is 5.24. The summed E-state index contributed by atoms with van der Waals surface area (Å²) in [5.41, 5.74) is 4.08. The second kappa shape index (κ2) is 4.81. The van der Waals surface area contributed by atoms with Crippen molar-refractivity contribution in [3.05, 3.63) is 54.1 Å². The minimum Gasteiger partial charge on any atom is -0.392 e. The number of benzene rings is 2. The molecule has 0 aliphatic heterocycles. The molecule has 0 unspecified atom stereocenters. The Hall–Kier alpha value is -1.80. The van der Waals surface area contributed by atoms with E-state index in [1.807, 2.05) is 49.5 Å². The van der Waals surface area contributed by atoms with E-state index in [9.17, 15) is 0 Å². The quantitative estimate of drug-likeness (QED) is 0.819. The van der Waals surface area contributed by atoms with E-state index >= 15 is 0 Å². The molecule has 0 amide bonds. The van der Waals surface area contributed by atoms with E-state index in [0.717, 1.165) is 22.4 Å². The van der Waals surface area contributed by atoms with Crippen molar-refractivity contribution in [3.8, 4) is 11.1 Å². The van der Waals surface area contributed by atoms with Gasteiger partial charge in [0.05, 0.1) is 6.61 Å². The van der Waals surface area contributed by atoms with E-state index in [0.29, 0.717) is 0 Å². The van der Waals surface area contributed by atoms with Crippen LogP contribution in [0.15, 0.2) is 42.5 Å². The Balaban J connectivity index is 2.49. The van der Waals surface area contributed by atoms with Crippen LogP contribution in [0.3, 0.4) is 0 Å². The number of para-hydroxylation sites is 1. The largest absolute Gasteiger partial charge is 0.392 e. The Morgan fingerprint density at radius 3 is 2.88 bits per heavy atom. The van der Waals surface area contributed by atoms with Crippen LogP contribution in [0.25, 0.3) is 11.1 Å². The molecular weight excluding hydrogens is 198 g/mol. The Morgan fingerprint density at radius 1 is 1.25 bits per heavy atom. The highest BCUT2D eigenvalue weighted by atomic mass is 16.3. The van der Waals surface area contributed by atoms with Crippen LogP contribution < -0.4 is 5.32 Å². The SMILES string of the molecule is CNc1[c]cccc1-c1cccc(CO)c1. The van der Waals surface area contributed by atoms with Gasteiger partial charge in [0.2, 0.25) is 0 Å². The smallest absolute Gasteiger partial charge is 0.0682 e. The van der Waals surface area contributed by atoms with Gasteiger partial charge in [-0.15, -0.1) is 0 Å². The van der Waals surface area contributed by atoms with Crippen LogP contribution in [0.5, 0.6) is 0 Å². The van der Waals surface area contributed by atoms with E-state index in [-0.39, 0.29) is 6.61 Å². The van der Waals surface area contributed by atoms with E-state index in [4.69, 9.17) is 5.11 Å². The lowest BCUT2D eigenvalue weighted by molar-refractivity contribution is 0.282. The summed E-state index contributed by atoms with van der Waals surface area (Å²) in [7, 11) is 1.88.